The summed E-state index contributed by atoms with van der Waals surface area (Å²) >= 11 is 0. The van der Waals surface area contributed by atoms with Crippen molar-refractivity contribution < 1.29 is 0 Å². The zero-order chi connectivity index (χ0) is 12.3. The number of benzene rings is 1. The Hall–Kier alpha value is -0.820. The molecule has 1 heteroatoms. The van der Waals surface area contributed by atoms with E-state index < -0.39 is 0 Å². The van der Waals surface area contributed by atoms with Crippen LogP contribution in [0.2, 0.25) is 0 Å². The first-order valence-corrected chi connectivity index (χ1v) is 6.86. The monoisotopic (exact) mass is 231 g/mol. The standard InChI is InChI=1S/C16H25N/c1-16(2,3)12-17-11-13-8-9-14-6-4-5-7-15(14)10-13/h8-10,17H,4-7,11-12H2,1-3H3. The van der Waals surface area contributed by atoms with E-state index in [1.54, 1.807) is 11.1 Å². The Balaban J connectivity index is 1.93. The van der Waals surface area contributed by atoms with Gasteiger partial charge in [0.25, 0.3) is 0 Å². The summed E-state index contributed by atoms with van der Waals surface area (Å²) in [6.45, 7) is 8.89. The Bertz CT molecular complexity index is 374. The minimum atomic E-state index is 0.369. The lowest BCUT2D eigenvalue weighted by Gasteiger charge is -2.20. The van der Waals surface area contributed by atoms with Crippen LogP contribution in [0, 0.1) is 5.41 Å². The van der Waals surface area contributed by atoms with Gasteiger partial charge < -0.3 is 5.32 Å². The van der Waals surface area contributed by atoms with E-state index in [1.165, 1.54) is 31.2 Å². The van der Waals surface area contributed by atoms with Gasteiger partial charge in [-0.05, 0) is 47.8 Å². The average molecular weight is 231 g/mol. The third kappa shape index (κ3) is 3.85. The highest BCUT2D eigenvalue weighted by Gasteiger charge is 2.11. The first kappa shape index (κ1) is 12.6. The summed E-state index contributed by atoms with van der Waals surface area (Å²) < 4.78 is 0. The molecule has 0 saturated heterocycles. The minimum Gasteiger partial charge on any atom is -0.312 e. The average Bonchev–Trinajstić information content (AvgIpc) is 2.27. The van der Waals surface area contributed by atoms with E-state index in [-0.39, 0.29) is 0 Å². The van der Waals surface area contributed by atoms with Crippen LogP contribution < -0.4 is 5.32 Å². The molecule has 0 amide bonds. The van der Waals surface area contributed by atoms with Crippen molar-refractivity contribution in [3.63, 3.8) is 0 Å². The van der Waals surface area contributed by atoms with E-state index in [9.17, 15) is 0 Å². The van der Waals surface area contributed by atoms with E-state index in [2.05, 4.69) is 44.3 Å². The molecule has 2 rings (SSSR count). The molecule has 1 aromatic rings. The van der Waals surface area contributed by atoms with E-state index in [1.807, 2.05) is 0 Å². The number of hydrogen-bond donors (Lipinski definition) is 1. The fraction of sp³-hybridized carbons (Fsp3) is 0.625. The second-order valence-electron chi connectivity index (χ2n) is 6.47. The molecule has 0 aliphatic heterocycles. The summed E-state index contributed by atoms with van der Waals surface area (Å²) in [7, 11) is 0. The second-order valence-corrected chi connectivity index (χ2v) is 6.47. The topological polar surface area (TPSA) is 12.0 Å². The lowest BCUT2D eigenvalue weighted by molar-refractivity contribution is 0.379. The van der Waals surface area contributed by atoms with Gasteiger partial charge in [-0.2, -0.15) is 0 Å². The van der Waals surface area contributed by atoms with Gasteiger partial charge in [-0.1, -0.05) is 39.0 Å². The Labute approximate surface area is 106 Å². The van der Waals surface area contributed by atoms with Crippen LogP contribution in [0.25, 0.3) is 0 Å². The fourth-order valence-corrected chi connectivity index (χ4v) is 2.48. The zero-order valence-electron chi connectivity index (χ0n) is 11.5. The van der Waals surface area contributed by atoms with Crippen LogP contribution in [0.5, 0.6) is 0 Å². The Morgan fingerprint density at radius 1 is 1.06 bits per heavy atom. The molecule has 1 aliphatic carbocycles. The van der Waals surface area contributed by atoms with Gasteiger partial charge in [-0.3, -0.25) is 0 Å². The number of fused-ring (bicyclic) bond motifs is 1. The summed E-state index contributed by atoms with van der Waals surface area (Å²) in [4.78, 5) is 0. The summed E-state index contributed by atoms with van der Waals surface area (Å²) in [5, 5.41) is 3.55. The van der Waals surface area contributed by atoms with Crippen molar-refractivity contribution in [2.45, 2.75) is 53.0 Å². The van der Waals surface area contributed by atoms with Gasteiger partial charge >= 0.3 is 0 Å². The molecule has 0 radical (unpaired) electrons. The molecule has 1 N–H and O–H groups in total. The zero-order valence-corrected chi connectivity index (χ0v) is 11.5. The summed E-state index contributed by atoms with van der Waals surface area (Å²) in [5.41, 5.74) is 4.98. The van der Waals surface area contributed by atoms with Crippen molar-refractivity contribution in [3.05, 3.63) is 34.9 Å². The predicted octanol–water partition coefficient (Wildman–Crippen LogP) is 3.70. The van der Waals surface area contributed by atoms with Gasteiger partial charge in [0.2, 0.25) is 0 Å². The molecule has 0 fully saturated rings. The molecule has 0 bridgehead atoms. The molecular formula is C16H25N. The fourth-order valence-electron chi connectivity index (χ4n) is 2.48. The quantitative estimate of drug-likeness (QED) is 0.836. The van der Waals surface area contributed by atoms with Crippen LogP contribution in [-0.2, 0) is 19.4 Å². The highest BCUT2D eigenvalue weighted by molar-refractivity contribution is 5.33. The van der Waals surface area contributed by atoms with Crippen molar-refractivity contribution in [2.75, 3.05) is 6.54 Å². The van der Waals surface area contributed by atoms with Crippen molar-refractivity contribution in [1.82, 2.24) is 5.32 Å². The molecule has 0 saturated carbocycles. The highest BCUT2D eigenvalue weighted by atomic mass is 14.9. The molecule has 0 aromatic heterocycles. The third-order valence-electron chi connectivity index (χ3n) is 3.40. The van der Waals surface area contributed by atoms with Gasteiger partial charge in [0.05, 0.1) is 0 Å². The van der Waals surface area contributed by atoms with Gasteiger partial charge in [0.15, 0.2) is 0 Å². The Kier molecular flexibility index (Phi) is 3.88. The van der Waals surface area contributed by atoms with E-state index >= 15 is 0 Å². The second kappa shape index (κ2) is 5.22. The van der Waals surface area contributed by atoms with Crippen molar-refractivity contribution in [3.8, 4) is 0 Å². The largest absolute Gasteiger partial charge is 0.312 e. The summed E-state index contributed by atoms with van der Waals surface area (Å²) in [5.74, 6) is 0. The van der Waals surface area contributed by atoms with Crippen LogP contribution in [0.4, 0.5) is 0 Å². The van der Waals surface area contributed by atoms with Crippen molar-refractivity contribution in [2.24, 2.45) is 5.41 Å². The Morgan fingerprint density at radius 3 is 2.47 bits per heavy atom. The Morgan fingerprint density at radius 2 is 1.76 bits per heavy atom. The first-order valence-electron chi connectivity index (χ1n) is 6.86. The number of hydrogen-bond acceptors (Lipinski definition) is 1. The smallest absolute Gasteiger partial charge is 0.0205 e. The third-order valence-corrected chi connectivity index (χ3v) is 3.40. The van der Waals surface area contributed by atoms with Crippen LogP contribution in [0.1, 0.15) is 50.3 Å². The van der Waals surface area contributed by atoms with Crippen LogP contribution in [0.15, 0.2) is 18.2 Å². The van der Waals surface area contributed by atoms with Gasteiger partial charge in [0.1, 0.15) is 0 Å². The van der Waals surface area contributed by atoms with Crippen LogP contribution in [0.3, 0.4) is 0 Å². The highest BCUT2D eigenvalue weighted by Crippen LogP contribution is 2.22. The normalized spacial score (nSPS) is 15.7. The van der Waals surface area contributed by atoms with Crippen molar-refractivity contribution in [1.29, 1.82) is 0 Å². The van der Waals surface area contributed by atoms with Gasteiger partial charge in [-0.25, -0.2) is 0 Å². The van der Waals surface area contributed by atoms with Crippen LogP contribution >= 0.6 is 0 Å². The van der Waals surface area contributed by atoms with E-state index in [4.69, 9.17) is 0 Å². The lowest BCUT2D eigenvalue weighted by atomic mass is 9.90. The molecule has 0 atom stereocenters. The number of nitrogens with one attached hydrogen (secondary N) is 1. The maximum atomic E-state index is 3.55. The number of aryl methyl sites for hydroxylation is 2. The predicted molar refractivity (Wildman–Crippen MR) is 74.2 cm³/mol. The molecule has 94 valence electrons. The molecule has 0 spiro atoms. The molecular weight excluding hydrogens is 206 g/mol. The van der Waals surface area contributed by atoms with E-state index in [0.29, 0.717) is 5.41 Å². The molecule has 0 heterocycles. The molecule has 17 heavy (non-hydrogen) atoms. The first-order chi connectivity index (χ1) is 8.04. The molecule has 0 unspecified atom stereocenters. The minimum absolute atomic E-state index is 0.369. The molecule has 1 nitrogen and oxygen atoms in total. The SMILES string of the molecule is CC(C)(C)CNCc1ccc2c(c1)CCCC2. The van der Waals surface area contributed by atoms with E-state index in [0.717, 1.165) is 13.1 Å². The molecule has 1 aromatic carbocycles. The number of rotatable bonds is 3. The maximum Gasteiger partial charge on any atom is 0.0205 e. The molecule has 1 aliphatic rings. The van der Waals surface area contributed by atoms with Crippen LogP contribution in [-0.4, -0.2) is 6.54 Å². The van der Waals surface area contributed by atoms with Gasteiger partial charge in [-0.15, -0.1) is 0 Å². The van der Waals surface area contributed by atoms with Crippen molar-refractivity contribution >= 4 is 0 Å². The summed E-state index contributed by atoms with van der Waals surface area (Å²) in [6.07, 6.45) is 5.30. The van der Waals surface area contributed by atoms with Gasteiger partial charge in [0, 0.05) is 13.1 Å². The maximum absolute atomic E-state index is 3.55. The lowest BCUT2D eigenvalue weighted by Crippen LogP contribution is -2.26. The summed E-state index contributed by atoms with van der Waals surface area (Å²) in [6, 6.07) is 7.03.